The van der Waals surface area contributed by atoms with Crippen molar-refractivity contribution in [3.63, 3.8) is 0 Å². The van der Waals surface area contributed by atoms with Crippen molar-refractivity contribution in [3.8, 4) is 0 Å². The van der Waals surface area contributed by atoms with Crippen LogP contribution in [0.5, 0.6) is 0 Å². The van der Waals surface area contributed by atoms with Crippen molar-refractivity contribution in [2.24, 2.45) is 0 Å². The maximum absolute atomic E-state index is 9.95. The summed E-state index contributed by atoms with van der Waals surface area (Å²) in [6.45, 7) is 1.95. The van der Waals surface area contributed by atoms with Gasteiger partial charge < -0.3 is 8.83 Å². The van der Waals surface area contributed by atoms with Gasteiger partial charge in [-0.25, -0.2) is 0 Å². The van der Waals surface area contributed by atoms with Crippen molar-refractivity contribution < 1.29 is 13.6 Å². The number of aryl methyl sites for hydroxylation is 1. The second kappa shape index (κ2) is 3.35. The van der Waals surface area contributed by atoms with Crippen LogP contribution in [0.25, 0.3) is 21.9 Å². The van der Waals surface area contributed by atoms with E-state index in [4.69, 9.17) is 8.83 Å². The quantitative estimate of drug-likeness (QED) is 0.471. The van der Waals surface area contributed by atoms with Gasteiger partial charge in [-0.1, -0.05) is 0 Å². The number of furan rings is 1. The molecular weight excluding hydrogens is 319 g/mol. The normalized spacial score (nSPS) is 11.4. The van der Waals surface area contributed by atoms with Gasteiger partial charge in [-0.2, -0.15) is 0 Å². The Labute approximate surface area is 104 Å². The van der Waals surface area contributed by atoms with E-state index in [-0.39, 0.29) is 5.43 Å². The first kappa shape index (κ1) is 9.89. The summed E-state index contributed by atoms with van der Waals surface area (Å²) in [4.78, 5) is 9.95. The van der Waals surface area contributed by atoms with Crippen molar-refractivity contribution in [3.05, 3.63) is 39.2 Å². The van der Waals surface area contributed by atoms with Crippen LogP contribution in [0.1, 0.15) is 5.56 Å². The van der Waals surface area contributed by atoms with Crippen molar-refractivity contribution in [1.82, 2.24) is 0 Å². The topological polar surface area (TPSA) is 47.7 Å². The highest BCUT2D eigenvalue weighted by molar-refractivity contribution is 14.1. The van der Waals surface area contributed by atoms with Crippen molar-refractivity contribution >= 4 is 44.5 Å². The first-order valence-corrected chi connectivity index (χ1v) is 5.86. The van der Waals surface area contributed by atoms with Gasteiger partial charge in [0.1, 0.15) is 17.2 Å². The minimum absolute atomic E-state index is 0.254. The second-order valence-corrected chi connectivity index (χ2v) is 4.83. The predicted octanol–water partition coefficient (Wildman–Crippen LogP) is 3.10. The van der Waals surface area contributed by atoms with Gasteiger partial charge >= 0.3 is 5.43 Å². The van der Waals surface area contributed by atoms with Crippen LogP contribution in [0.15, 0.2) is 33.5 Å². The molecule has 0 spiro atoms. The molecule has 2 heterocycles. The number of fused-ring (bicyclic) bond motifs is 3. The summed E-state index contributed by atoms with van der Waals surface area (Å²) in [5.41, 5.74) is 2.70. The molecule has 0 aliphatic rings. The summed E-state index contributed by atoms with van der Waals surface area (Å²) in [6, 6.07) is 3.65. The largest absolute Gasteiger partial charge is 0.464 e. The van der Waals surface area contributed by atoms with E-state index in [0.717, 1.165) is 16.5 Å². The fraction of sp³-hybridized carbons (Fsp3) is 0.0833. The van der Waals surface area contributed by atoms with Crippen LogP contribution in [0.4, 0.5) is 0 Å². The lowest BCUT2D eigenvalue weighted by atomic mass is 10.1. The van der Waals surface area contributed by atoms with Crippen LogP contribution in [0, 0.1) is 10.5 Å². The Bertz CT molecular complexity index is 752. The zero-order valence-electron chi connectivity index (χ0n) is 8.45. The molecule has 0 saturated carbocycles. The van der Waals surface area contributed by atoms with Gasteiger partial charge in [0, 0.05) is 0 Å². The molecule has 3 nitrogen and oxygen atoms in total. The van der Waals surface area contributed by atoms with Gasteiger partial charge in [0.2, 0.25) is 0 Å². The fourth-order valence-electron chi connectivity index (χ4n) is 1.85. The Morgan fingerprint density at radius 3 is 2.81 bits per heavy atom. The average molecular weight is 327 g/mol. The first-order chi connectivity index (χ1) is 7.68. The lowest BCUT2D eigenvalue weighted by molar-refractivity contribution is 0.552. The maximum Gasteiger partial charge on any atom is 0.367 e. The van der Waals surface area contributed by atoms with E-state index in [1.807, 2.05) is 41.6 Å². The van der Waals surface area contributed by atoms with E-state index in [0.29, 0.717) is 14.5 Å². The highest BCUT2D eigenvalue weighted by Crippen LogP contribution is 2.28. The third kappa shape index (κ3) is 1.22. The molecule has 0 amide bonds. The predicted molar refractivity (Wildman–Crippen MR) is 68.5 cm³/mol. The molecule has 0 bridgehead atoms. The van der Waals surface area contributed by atoms with E-state index in [2.05, 4.69) is 0 Å². The summed E-state index contributed by atoms with van der Waals surface area (Å²) in [7, 11) is 0. The van der Waals surface area contributed by atoms with Crippen LogP contribution in [0.3, 0.4) is 0 Å². The van der Waals surface area contributed by atoms with Gasteiger partial charge in [0.15, 0.2) is 9.15 Å². The van der Waals surface area contributed by atoms with E-state index < -0.39 is 0 Å². The number of hydrogen-bond donors (Lipinski definition) is 0. The molecule has 1 aromatic carbocycles. The molecule has 1 N–H and O–H groups in total. The van der Waals surface area contributed by atoms with Crippen molar-refractivity contribution in [2.45, 2.75) is 6.92 Å². The molecule has 2 aromatic heterocycles. The average Bonchev–Trinajstić information content (AvgIpc) is 2.66. The molecule has 0 aliphatic heterocycles. The number of hydrogen-bond acceptors (Lipinski definition) is 2. The van der Waals surface area contributed by atoms with Gasteiger partial charge in [-0.3, -0.25) is 4.79 Å². The summed E-state index contributed by atoms with van der Waals surface area (Å²) in [5, 5.41) is 1.63. The summed E-state index contributed by atoms with van der Waals surface area (Å²) < 4.78 is 11.6. The standard InChI is InChI=1S/C12H7IO3/c1-6-4-15-9-3-2-7-11(14)8(13)5-16-12(7)10(6)9/h2-5H,1H3/p+1. The lowest BCUT2D eigenvalue weighted by Crippen LogP contribution is -2.06. The monoisotopic (exact) mass is 327 g/mol. The zero-order valence-corrected chi connectivity index (χ0v) is 10.6. The van der Waals surface area contributed by atoms with Crippen LogP contribution in [-0.4, -0.2) is 4.79 Å². The Hall–Kier alpha value is -1.30. The summed E-state index contributed by atoms with van der Waals surface area (Å²) in [6.07, 6.45) is 3.23. The van der Waals surface area contributed by atoms with Gasteiger partial charge in [-0.05, 0) is 47.2 Å². The second-order valence-electron chi connectivity index (χ2n) is 3.67. The molecular formula is C12H8IO3+. The molecule has 0 aliphatic carbocycles. The van der Waals surface area contributed by atoms with Crippen LogP contribution in [-0.2, 0) is 0 Å². The smallest absolute Gasteiger partial charge is 0.367 e. The van der Waals surface area contributed by atoms with Crippen molar-refractivity contribution in [2.75, 3.05) is 0 Å². The third-order valence-corrected chi connectivity index (χ3v) is 3.40. The minimum atomic E-state index is 0.254. The van der Waals surface area contributed by atoms with Crippen molar-refractivity contribution in [1.29, 1.82) is 0 Å². The van der Waals surface area contributed by atoms with Crippen LogP contribution >= 0.6 is 22.6 Å². The summed E-state index contributed by atoms with van der Waals surface area (Å²) in [5.74, 6) is 0. The van der Waals surface area contributed by atoms with Crippen LogP contribution in [0.2, 0.25) is 0 Å². The lowest BCUT2D eigenvalue weighted by Gasteiger charge is -1.96. The third-order valence-electron chi connectivity index (χ3n) is 2.64. The first-order valence-electron chi connectivity index (χ1n) is 4.78. The number of halogens is 1. The molecule has 0 fully saturated rings. The molecule has 16 heavy (non-hydrogen) atoms. The molecule has 0 atom stereocenters. The van der Waals surface area contributed by atoms with Gasteiger partial charge in [0.05, 0.1) is 11.6 Å². The molecule has 0 radical (unpaired) electrons. The van der Waals surface area contributed by atoms with E-state index >= 15 is 0 Å². The minimum Gasteiger partial charge on any atom is -0.464 e. The molecule has 3 aromatic rings. The SMILES string of the molecule is Cc1coc2ccc3c(=[OH+])c(I)coc3c12. The highest BCUT2D eigenvalue weighted by Gasteiger charge is 2.15. The van der Waals surface area contributed by atoms with Crippen LogP contribution < -0.4 is 5.43 Å². The highest BCUT2D eigenvalue weighted by atomic mass is 127. The molecule has 3 rings (SSSR count). The molecule has 0 saturated heterocycles. The maximum atomic E-state index is 9.95. The Kier molecular flexibility index (Phi) is 2.07. The summed E-state index contributed by atoms with van der Waals surface area (Å²) >= 11 is 2.04. The fourth-order valence-corrected chi connectivity index (χ4v) is 2.27. The Morgan fingerprint density at radius 1 is 1.19 bits per heavy atom. The zero-order chi connectivity index (χ0) is 11.3. The Balaban J connectivity index is 2.67. The molecule has 0 unspecified atom stereocenters. The van der Waals surface area contributed by atoms with Gasteiger partial charge in [-0.15, -0.1) is 0 Å². The number of rotatable bonds is 0. The van der Waals surface area contributed by atoms with E-state index in [9.17, 15) is 4.79 Å². The Morgan fingerprint density at radius 2 is 2.00 bits per heavy atom. The number of benzene rings is 1. The molecule has 4 heteroatoms. The van der Waals surface area contributed by atoms with E-state index in [1.54, 1.807) is 12.5 Å². The van der Waals surface area contributed by atoms with E-state index in [1.165, 1.54) is 0 Å². The van der Waals surface area contributed by atoms with Gasteiger partial charge in [0.25, 0.3) is 0 Å². The molecule has 80 valence electrons.